The molecule has 0 aliphatic rings. The number of ether oxygens (including phenoxy) is 1. The van der Waals surface area contributed by atoms with Crippen molar-refractivity contribution in [2.45, 2.75) is 40.2 Å². The van der Waals surface area contributed by atoms with E-state index >= 15 is 0 Å². The normalized spacial score (nSPS) is 15.3. The molecule has 4 heteroatoms. The van der Waals surface area contributed by atoms with Crippen LogP contribution in [0.3, 0.4) is 0 Å². The molecule has 0 aromatic heterocycles. The lowest BCUT2D eigenvalue weighted by Gasteiger charge is -2.31. The number of hydrogen-bond acceptors (Lipinski definition) is 4. The van der Waals surface area contributed by atoms with Crippen LogP contribution in [-0.4, -0.2) is 24.3 Å². The second-order valence-corrected chi connectivity index (χ2v) is 3.98. The quantitative estimate of drug-likeness (QED) is 0.685. The molecule has 0 saturated heterocycles. The topological polar surface area (TPSA) is 81.5 Å². The van der Waals surface area contributed by atoms with Crippen LogP contribution in [0.1, 0.15) is 34.1 Å². The molecule has 14 heavy (non-hydrogen) atoms. The molecule has 0 fully saturated rings. The fourth-order valence-electron chi connectivity index (χ4n) is 1.28. The first-order valence-corrected chi connectivity index (χ1v) is 4.64. The first kappa shape index (κ1) is 15.8. The van der Waals surface area contributed by atoms with Crippen LogP contribution in [0.4, 0.5) is 0 Å². The summed E-state index contributed by atoms with van der Waals surface area (Å²) >= 11 is 0. The molecule has 0 spiro atoms. The minimum Gasteiger partial charge on any atom is -0.469 e. The number of methoxy groups -OCH3 is 1. The molecule has 4 N–H and O–H groups in total. The molecule has 0 aliphatic carbocycles. The van der Waals surface area contributed by atoms with E-state index in [1.807, 2.05) is 13.8 Å². The Morgan fingerprint density at radius 1 is 1.50 bits per heavy atom. The molecule has 0 rings (SSSR count). The molecule has 0 heterocycles. The number of rotatable bonds is 4. The van der Waals surface area contributed by atoms with Crippen LogP contribution in [-0.2, 0) is 9.53 Å². The Hall–Kier alpha value is -0.610. The Labute approximate surface area is 86.2 Å². The maximum absolute atomic E-state index is 11.4. The van der Waals surface area contributed by atoms with Crippen molar-refractivity contribution >= 4 is 5.97 Å². The summed E-state index contributed by atoms with van der Waals surface area (Å²) < 4.78 is 4.68. The second kappa shape index (κ2) is 5.98. The Balaban J connectivity index is 0. The van der Waals surface area contributed by atoms with Gasteiger partial charge in [-0.25, -0.2) is 0 Å². The van der Waals surface area contributed by atoms with E-state index in [2.05, 4.69) is 4.74 Å². The van der Waals surface area contributed by atoms with Gasteiger partial charge in [0.2, 0.25) is 0 Å². The van der Waals surface area contributed by atoms with Gasteiger partial charge in [0.25, 0.3) is 0 Å². The predicted molar refractivity (Wildman–Crippen MR) is 56.3 cm³/mol. The zero-order valence-electron chi connectivity index (χ0n) is 9.83. The standard InChI is InChI=1S/C10H20O3.H3N/c1-6-8(11)7(2)10(3,4)9(12)13-5;/h7-8,11H,6H2,1-5H3;1H3. The molecule has 0 aromatic carbocycles. The Kier molecular flexibility index (Phi) is 6.77. The number of carbonyl (C=O) groups is 1. The van der Waals surface area contributed by atoms with Crippen LogP contribution in [0.5, 0.6) is 0 Å². The van der Waals surface area contributed by atoms with Gasteiger partial charge in [0.15, 0.2) is 0 Å². The van der Waals surface area contributed by atoms with Gasteiger partial charge < -0.3 is 16.0 Å². The molecule has 0 aliphatic heterocycles. The highest BCUT2D eigenvalue weighted by atomic mass is 16.5. The Morgan fingerprint density at radius 3 is 2.21 bits per heavy atom. The average Bonchev–Trinajstić information content (AvgIpc) is 2.13. The van der Waals surface area contributed by atoms with E-state index in [1.54, 1.807) is 13.8 Å². The summed E-state index contributed by atoms with van der Waals surface area (Å²) in [6.07, 6.45) is 0.204. The highest BCUT2D eigenvalue weighted by Gasteiger charge is 2.38. The maximum atomic E-state index is 11.4. The van der Waals surface area contributed by atoms with E-state index in [0.717, 1.165) is 0 Å². The summed E-state index contributed by atoms with van der Waals surface area (Å²) in [6.45, 7) is 7.35. The smallest absolute Gasteiger partial charge is 0.311 e. The van der Waals surface area contributed by atoms with Gasteiger partial charge in [-0.2, -0.15) is 0 Å². The zero-order chi connectivity index (χ0) is 10.6. The highest BCUT2D eigenvalue weighted by Crippen LogP contribution is 2.31. The number of aliphatic hydroxyl groups is 1. The van der Waals surface area contributed by atoms with Crippen molar-refractivity contribution < 1.29 is 14.6 Å². The van der Waals surface area contributed by atoms with E-state index in [1.165, 1.54) is 7.11 Å². The van der Waals surface area contributed by atoms with Gasteiger partial charge in [0.05, 0.1) is 18.6 Å². The molecule has 0 saturated carbocycles. The minimum absolute atomic E-state index is 0. The van der Waals surface area contributed by atoms with Gasteiger partial charge in [0, 0.05) is 0 Å². The lowest BCUT2D eigenvalue weighted by atomic mass is 9.76. The van der Waals surface area contributed by atoms with Crippen LogP contribution < -0.4 is 6.15 Å². The molecule has 86 valence electrons. The van der Waals surface area contributed by atoms with Crippen molar-refractivity contribution in [3.8, 4) is 0 Å². The summed E-state index contributed by atoms with van der Waals surface area (Å²) in [5.41, 5.74) is -0.621. The van der Waals surface area contributed by atoms with E-state index in [9.17, 15) is 9.90 Å². The van der Waals surface area contributed by atoms with Crippen LogP contribution in [0.15, 0.2) is 0 Å². The van der Waals surface area contributed by atoms with Crippen molar-refractivity contribution in [2.75, 3.05) is 7.11 Å². The first-order valence-electron chi connectivity index (χ1n) is 4.64. The maximum Gasteiger partial charge on any atom is 0.311 e. The largest absolute Gasteiger partial charge is 0.469 e. The van der Waals surface area contributed by atoms with Crippen molar-refractivity contribution in [2.24, 2.45) is 11.3 Å². The summed E-state index contributed by atoms with van der Waals surface area (Å²) in [5, 5.41) is 9.60. The van der Waals surface area contributed by atoms with E-state index in [4.69, 9.17) is 0 Å². The van der Waals surface area contributed by atoms with Crippen LogP contribution >= 0.6 is 0 Å². The van der Waals surface area contributed by atoms with Crippen molar-refractivity contribution in [1.82, 2.24) is 6.15 Å². The molecule has 2 atom stereocenters. The van der Waals surface area contributed by atoms with E-state index < -0.39 is 11.5 Å². The fraction of sp³-hybridized carbons (Fsp3) is 0.900. The molecule has 0 bridgehead atoms. The number of aliphatic hydroxyl groups excluding tert-OH is 1. The second-order valence-electron chi connectivity index (χ2n) is 3.98. The highest BCUT2D eigenvalue weighted by molar-refractivity contribution is 5.76. The Bertz CT molecular complexity index is 180. The van der Waals surface area contributed by atoms with Crippen molar-refractivity contribution in [3.63, 3.8) is 0 Å². The molecular weight excluding hydrogens is 182 g/mol. The monoisotopic (exact) mass is 205 g/mol. The number of esters is 1. The van der Waals surface area contributed by atoms with Gasteiger partial charge in [-0.15, -0.1) is 0 Å². The van der Waals surface area contributed by atoms with Gasteiger partial charge in [-0.3, -0.25) is 4.79 Å². The Morgan fingerprint density at radius 2 is 1.93 bits per heavy atom. The lowest BCUT2D eigenvalue weighted by molar-refractivity contribution is -0.156. The van der Waals surface area contributed by atoms with E-state index in [0.29, 0.717) is 6.42 Å². The van der Waals surface area contributed by atoms with Gasteiger partial charge in [-0.1, -0.05) is 13.8 Å². The average molecular weight is 205 g/mol. The van der Waals surface area contributed by atoms with Gasteiger partial charge in [0.1, 0.15) is 0 Å². The van der Waals surface area contributed by atoms with Gasteiger partial charge in [-0.05, 0) is 26.2 Å². The predicted octanol–water partition coefficient (Wildman–Crippen LogP) is 1.75. The van der Waals surface area contributed by atoms with Gasteiger partial charge >= 0.3 is 5.97 Å². The zero-order valence-corrected chi connectivity index (χ0v) is 9.83. The number of hydrogen-bond donors (Lipinski definition) is 2. The van der Waals surface area contributed by atoms with Crippen LogP contribution in [0.25, 0.3) is 0 Å². The molecule has 0 radical (unpaired) electrons. The van der Waals surface area contributed by atoms with Crippen LogP contribution in [0.2, 0.25) is 0 Å². The molecule has 2 unspecified atom stereocenters. The van der Waals surface area contributed by atoms with Crippen LogP contribution in [0, 0.1) is 11.3 Å². The molecular formula is C10H23NO3. The summed E-state index contributed by atoms with van der Waals surface area (Å²) in [4.78, 5) is 11.4. The molecule has 4 nitrogen and oxygen atoms in total. The molecule has 0 aromatic rings. The third-order valence-corrected chi connectivity index (χ3v) is 2.85. The summed E-state index contributed by atoms with van der Waals surface area (Å²) in [7, 11) is 1.37. The summed E-state index contributed by atoms with van der Waals surface area (Å²) in [5.74, 6) is -0.363. The van der Waals surface area contributed by atoms with E-state index in [-0.39, 0.29) is 18.0 Å². The number of carbonyl (C=O) groups excluding carboxylic acids is 1. The fourth-order valence-corrected chi connectivity index (χ4v) is 1.28. The SMILES string of the molecule is CCC(O)C(C)C(C)(C)C(=O)OC.N. The lowest BCUT2D eigenvalue weighted by Crippen LogP contribution is -2.38. The third kappa shape index (κ3) is 3.27. The van der Waals surface area contributed by atoms with Crippen molar-refractivity contribution in [3.05, 3.63) is 0 Å². The van der Waals surface area contributed by atoms with Crippen molar-refractivity contribution in [1.29, 1.82) is 0 Å². The molecule has 0 amide bonds. The summed E-state index contributed by atoms with van der Waals surface area (Å²) in [6, 6.07) is 0. The minimum atomic E-state index is -0.621. The first-order chi connectivity index (χ1) is 5.87. The third-order valence-electron chi connectivity index (χ3n) is 2.85.